The van der Waals surface area contributed by atoms with E-state index >= 15 is 0 Å². The zero-order valence-electron chi connectivity index (χ0n) is 5.74. The van der Waals surface area contributed by atoms with Gasteiger partial charge in [-0.05, 0) is 35.3 Å². The Balaban J connectivity index is -0.000000180. The van der Waals surface area contributed by atoms with Crippen LogP contribution in [0.1, 0.15) is 26.7 Å². The first kappa shape index (κ1) is 16.3. The van der Waals surface area contributed by atoms with Crippen LogP contribution in [-0.2, 0) is 0 Å². The molecule has 0 aromatic rings. The van der Waals surface area contributed by atoms with E-state index in [1.807, 2.05) is 0 Å². The van der Waals surface area contributed by atoms with E-state index in [4.69, 9.17) is 0 Å². The number of rotatable bonds is 4. The van der Waals surface area contributed by atoms with E-state index in [0.29, 0.717) is 0 Å². The van der Waals surface area contributed by atoms with E-state index in [1.54, 1.807) is 0 Å². The van der Waals surface area contributed by atoms with Crippen LogP contribution >= 0.6 is 11.8 Å². The van der Waals surface area contributed by atoms with E-state index in [-0.39, 0.29) is 16.4 Å². The number of thioether (sulfide) groups is 1. The first-order chi connectivity index (χ1) is 3.41. The van der Waals surface area contributed by atoms with Gasteiger partial charge in [0.25, 0.3) is 0 Å². The Labute approximate surface area is 66.9 Å². The van der Waals surface area contributed by atoms with Crippen LogP contribution in [0, 0.1) is 0 Å². The Hall–Kier alpha value is 0.527. The van der Waals surface area contributed by atoms with E-state index in [0.717, 1.165) is 0 Å². The molecule has 2 N–H and O–H groups in total. The highest BCUT2D eigenvalue weighted by Crippen LogP contribution is 2.02. The predicted molar refractivity (Wildman–Crippen MR) is 52.9 cm³/mol. The Kier molecular flexibility index (Phi) is 28.6. The standard InChI is InChI=1S/C6H14S.H2O.H4Si/c1-3-5-7-6-4-2;;/h3-6H2,1-2H3;1H2;1H4. The molecular weight excluding hydrogens is 148 g/mol. The molecule has 0 rings (SSSR count). The molecule has 0 aromatic heterocycles. The Morgan fingerprint density at radius 1 is 1.00 bits per heavy atom. The average molecular weight is 168 g/mol. The third-order valence-electron chi connectivity index (χ3n) is 0.697. The molecule has 0 bridgehead atoms. The molecule has 60 valence electrons. The summed E-state index contributed by atoms with van der Waals surface area (Å²) in [5.41, 5.74) is 0. The maximum atomic E-state index is 2.22. The SMILES string of the molecule is CCCSCCC.O.[SiH4]. The van der Waals surface area contributed by atoms with Gasteiger partial charge in [0.2, 0.25) is 0 Å². The van der Waals surface area contributed by atoms with Gasteiger partial charge in [-0.25, -0.2) is 0 Å². The third kappa shape index (κ3) is 17.7. The molecule has 1 nitrogen and oxygen atoms in total. The summed E-state index contributed by atoms with van der Waals surface area (Å²) in [7, 11) is 0. The van der Waals surface area contributed by atoms with Crippen LogP contribution in [0.4, 0.5) is 0 Å². The van der Waals surface area contributed by atoms with Gasteiger partial charge in [0, 0.05) is 0 Å². The molecule has 0 heterocycles. The Morgan fingerprint density at radius 3 is 1.56 bits per heavy atom. The molecule has 0 aromatic carbocycles. The van der Waals surface area contributed by atoms with Crippen LogP contribution in [0.3, 0.4) is 0 Å². The van der Waals surface area contributed by atoms with Crippen LogP contribution in [-0.4, -0.2) is 27.9 Å². The minimum atomic E-state index is 0. The summed E-state index contributed by atoms with van der Waals surface area (Å²) in [5.74, 6) is 2.68. The minimum absolute atomic E-state index is 0. The highest BCUT2D eigenvalue weighted by Gasteiger charge is 1.79. The van der Waals surface area contributed by atoms with Crippen molar-refractivity contribution in [1.29, 1.82) is 0 Å². The lowest BCUT2D eigenvalue weighted by atomic mass is 10.6. The van der Waals surface area contributed by atoms with Gasteiger partial charge in [-0.1, -0.05) is 13.8 Å². The third-order valence-corrected chi connectivity index (χ3v) is 2.09. The van der Waals surface area contributed by atoms with Gasteiger partial charge in [0.1, 0.15) is 0 Å². The summed E-state index contributed by atoms with van der Waals surface area (Å²) >= 11 is 2.05. The zero-order chi connectivity index (χ0) is 5.54. The van der Waals surface area contributed by atoms with Crippen molar-refractivity contribution in [2.24, 2.45) is 0 Å². The van der Waals surface area contributed by atoms with Gasteiger partial charge >= 0.3 is 0 Å². The van der Waals surface area contributed by atoms with Crippen molar-refractivity contribution in [2.45, 2.75) is 26.7 Å². The van der Waals surface area contributed by atoms with Crippen LogP contribution in [0.5, 0.6) is 0 Å². The van der Waals surface area contributed by atoms with Gasteiger partial charge in [-0.2, -0.15) is 11.8 Å². The number of hydrogen-bond acceptors (Lipinski definition) is 1. The molecule has 0 spiro atoms. The maximum Gasteiger partial charge on any atom is -0.00702 e. The largest absolute Gasteiger partial charge is 0.412 e. The molecule has 0 aliphatic rings. The van der Waals surface area contributed by atoms with E-state index in [9.17, 15) is 0 Å². The molecule has 3 heteroatoms. The molecule has 0 atom stereocenters. The van der Waals surface area contributed by atoms with Crippen molar-refractivity contribution in [3.05, 3.63) is 0 Å². The average Bonchev–Trinajstić information content (AvgIpc) is 1.69. The van der Waals surface area contributed by atoms with Gasteiger partial charge in [0.05, 0.1) is 0 Å². The smallest absolute Gasteiger partial charge is 0.00702 e. The van der Waals surface area contributed by atoms with Crippen molar-refractivity contribution >= 4 is 22.7 Å². The van der Waals surface area contributed by atoms with Gasteiger partial charge in [-0.3, -0.25) is 0 Å². The van der Waals surface area contributed by atoms with Crippen LogP contribution in [0.2, 0.25) is 0 Å². The first-order valence-corrected chi connectivity index (χ1v) is 4.15. The fourth-order valence-electron chi connectivity index (χ4n) is 0.391. The Bertz CT molecular complexity index is 32.2. The van der Waals surface area contributed by atoms with Crippen LogP contribution in [0.15, 0.2) is 0 Å². The van der Waals surface area contributed by atoms with Crippen molar-refractivity contribution in [1.82, 2.24) is 0 Å². The lowest BCUT2D eigenvalue weighted by Crippen LogP contribution is -1.76. The summed E-state index contributed by atoms with van der Waals surface area (Å²) in [5, 5.41) is 0. The monoisotopic (exact) mass is 168 g/mol. The molecule has 0 fully saturated rings. The summed E-state index contributed by atoms with van der Waals surface area (Å²) in [6, 6.07) is 0. The maximum absolute atomic E-state index is 2.22. The molecule has 0 saturated carbocycles. The summed E-state index contributed by atoms with van der Waals surface area (Å²) < 4.78 is 0. The summed E-state index contributed by atoms with van der Waals surface area (Å²) in [6.45, 7) is 4.45. The highest BCUT2D eigenvalue weighted by molar-refractivity contribution is 7.99. The molecule has 0 aliphatic heterocycles. The zero-order valence-corrected chi connectivity index (χ0v) is 6.55. The summed E-state index contributed by atoms with van der Waals surface area (Å²) in [6.07, 6.45) is 2.65. The highest BCUT2D eigenvalue weighted by atomic mass is 32.2. The topological polar surface area (TPSA) is 31.5 Å². The second kappa shape index (κ2) is 15.8. The molecular formula is C6H20OSSi. The van der Waals surface area contributed by atoms with Gasteiger partial charge < -0.3 is 5.48 Å². The lowest BCUT2D eigenvalue weighted by Gasteiger charge is -1.91. The quantitative estimate of drug-likeness (QED) is 0.438. The molecule has 0 unspecified atom stereocenters. The van der Waals surface area contributed by atoms with Crippen molar-refractivity contribution in [2.75, 3.05) is 11.5 Å². The fraction of sp³-hybridized carbons (Fsp3) is 1.00. The fourth-order valence-corrected chi connectivity index (χ4v) is 1.17. The van der Waals surface area contributed by atoms with Crippen LogP contribution in [0.25, 0.3) is 0 Å². The molecule has 0 saturated heterocycles. The molecule has 0 amide bonds. The molecule has 0 radical (unpaired) electrons. The van der Waals surface area contributed by atoms with E-state index in [1.165, 1.54) is 24.3 Å². The van der Waals surface area contributed by atoms with Crippen molar-refractivity contribution < 1.29 is 5.48 Å². The van der Waals surface area contributed by atoms with Crippen molar-refractivity contribution in [3.63, 3.8) is 0 Å². The van der Waals surface area contributed by atoms with E-state index < -0.39 is 0 Å². The predicted octanol–water partition coefficient (Wildman–Crippen LogP) is 0.263. The minimum Gasteiger partial charge on any atom is -0.412 e. The second-order valence-corrected chi connectivity index (χ2v) is 2.84. The van der Waals surface area contributed by atoms with E-state index in [2.05, 4.69) is 25.6 Å². The first-order valence-electron chi connectivity index (χ1n) is 2.99. The Morgan fingerprint density at radius 2 is 1.33 bits per heavy atom. The second-order valence-electron chi connectivity index (χ2n) is 1.61. The molecule has 0 aliphatic carbocycles. The van der Waals surface area contributed by atoms with Crippen LogP contribution < -0.4 is 0 Å². The lowest BCUT2D eigenvalue weighted by molar-refractivity contribution is 0.824. The van der Waals surface area contributed by atoms with Gasteiger partial charge in [0.15, 0.2) is 0 Å². The normalized spacial score (nSPS) is 7.33. The van der Waals surface area contributed by atoms with Crippen molar-refractivity contribution in [3.8, 4) is 0 Å². The van der Waals surface area contributed by atoms with Gasteiger partial charge in [-0.15, -0.1) is 0 Å². The molecule has 9 heavy (non-hydrogen) atoms. The number of hydrogen-bond donors (Lipinski definition) is 0. The summed E-state index contributed by atoms with van der Waals surface area (Å²) in [4.78, 5) is 0.